The quantitative estimate of drug-likeness (QED) is 0.298. The molecule has 8 heteroatoms. The first-order chi connectivity index (χ1) is 16.2. The predicted octanol–water partition coefficient (Wildman–Crippen LogP) is 3.31. The number of carboxylic acids is 1. The molecule has 2 amide bonds. The van der Waals surface area contributed by atoms with Gasteiger partial charge in [-0.25, -0.2) is 0 Å². The van der Waals surface area contributed by atoms with Crippen molar-refractivity contribution in [1.82, 2.24) is 15.6 Å². The number of aliphatic carboxylic acids is 1. The third-order valence-corrected chi connectivity index (χ3v) is 5.62. The lowest BCUT2D eigenvalue weighted by molar-refractivity contribution is -0.139. The number of aromatic amines is 1. The number of carbonyl (C=O) groups is 3. The summed E-state index contributed by atoms with van der Waals surface area (Å²) in [5.74, 6) is -1.64. The average molecular weight is 465 g/mol. The Kier molecular flexibility index (Phi) is 8.43. The standard InChI is InChI=1S/C26H32N4O4/c1-16(2)13-22(24(31)29-19-9-5-4-6-10-19)30-25(32)23(28-17(3)26(33)34)14-18-15-27-21-12-8-7-11-20(18)21/h4-12,15-17,22-23,27-28H,13-14H2,1-3H3,(H,29,31)(H,30,32)(H,33,34)/t17-,22+,23+/m1/s1. The van der Waals surface area contributed by atoms with Gasteiger partial charge in [0.15, 0.2) is 0 Å². The number of amides is 2. The van der Waals surface area contributed by atoms with Gasteiger partial charge in [0.25, 0.3) is 0 Å². The largest absolute Gasteiger partial charge is 0.480 e. The van der Waals surface area contributed by atoms with E-state index in [1.165, 1.54) is 6.92 Å². The molecule has 0 saturated heterocycles. The number of para-hydroxylation sites is 2. The van der Waals surface area contributed by atoms with Gasteiger partial charge in [0.05, 0.1) is 6.04 Å². The summed E-state index contributed by atoms with van der Waals surface area (Å²) < 4.78 is 0. The number of rotatable bonds is 11. The Labute approximate surface area is 199 Å². The van der Waals surface area contributed by atoms with Crippen LogP contribution in [-0.4, -0.2) is 46.0 Å². The summed E-state index contributed by atoms with van der Waals surface area (Å²) in [6.07, 6.45) is 2.53. The summed E-state index contributed by atoms with van der Waals surface area (Å²) in [6.45, 7) is 5.44. The number of benzene rings is 2. The number of H-pyrrole nitrogens is 1. The van der Waals surface area contributed by atoms with Crippen LogP contribution in [0.2, 0.25) is 0 Å². The summed E-state index contributed by atoms with van der Waals surface area (Å²) in [5, 5.41) is 19.0. The highest BCUT2D eigenvalue weighted by atomic mass is 16.4. The fourth-order valence-corrected chi connectivity index (χ4v) is 3.85. The zero-order valence-corrected chi connectivity index (χ0v) is 19.7. The fraction of sp³-hybridized carbons (Fsp3) is 0.346. The Morgan fingerprint density at radius 2 is 1.59 bits per heavy atom. The van der Waals surface area contributed by atoms with Crippen LogP contribution in [-0.2, 0) is 20.8 Å². The molecule has 3 aromatic rings. The maximum Gasteiger partial charge on any atom is 0.320 e. The molecular weight excluding hydrogens is 432 g/mol. The maximum atomic E-state index is 13.4. The summed E-state index contributed by atoms with van der Waals surface area (Å²) in [5.41, 5.74) is 2.46. The Balaban J connectivity index is 1.80. The maximum absolute atomic E-state index is 13.4. The van der Waals surface area contributed by atoms with Crippen molar-refractivity contribution in [1.29, 1.82) is 0 Å². The molecule has 34 heavy (non-hydrogen) atoms. The van der Waals surface area contributed by atoms with Gasteiger partial charge in [-0.05, 0) is 49.4 Å². The van der Waals surface area contributed by atoms with Crippen molar-refractivity contribution in [3.63, 3.8) is 0 Å². The molecule has 180 valence electrons. The van der Waals surface area contributed by atoms with Crippen LogP contribution < -0.4 is 16.0 Å². The second-order valence-corrected chi connectivity index (χ2v) is 8.89. The minimum absolute atomic E-state index is 0.157. The fourth-order valence-electron chi connectivity index (χ4n) is 3.85. The Morgan fingerprint density at radius 1 is 0.912 bits per heavy atom. The first kappa shape index (κ1) is 25.0. The summed E-state index contributed by atoms with van der Waals surface area (Å²) >= 11 is 0. The number of fused-ring (bicyclic) bond motifs is 1. The van der Waals surface area contributed by atoms with Crippen molar-refractivity contribution in [3.05, 3.63) is 66.4 Å². The molecule has 0 saturated carbocycles. The zero-order chi connectivity index (χ0) is 24.7. The molecule has 3 rings (SSSR count). The van der Waals surface area contributed by atoms with Gasteiger partial charge < -0.3 is 20.7 Å². The van der Waals surface area contributed by atoms with Crippen molar-refractivity contribution in [2.75, 3.05) is 5.32 Å². The molecule has 2 aromatic carbocycles. The molecule has 1 aromatic heterocycles. The number of aromatic nitrogens is 1. The molecule has 8 nitrogen and oxygen atoms in total. The van der Waals surface area contributed by atoms with E-state index in [0.29, 0.717) is 12.1 Å². The number of nitrogens with one attached hydrogen (secondary N) is 4. The minimum Gasteiger partial charge on any atom is -0.480 e. The average Bonchev–Trinajstić information content (AvgIpc) is 3.21. The van der Waals surface area contributed by atoms with Crippen LogP contribution in [0.1, 0.15) is 32.8 Å². The molecule has 0 bridgehead atoms. The van der Waals surface area contributed by atoms with E-state index < -0.39 is 30.0 Å². The second-order valence-electron chi connectivity index (χ2n) is 8.89. The first-order valence-electron chi connectivity index (χ1n) is 11.4. The van der Waals surface area contributed by atoms with Crippen molar-refractivity contribution in [3.8, 4) is 0 Å². The van der Waals surface area contributed by atoms with E-state index >= 15 is 0 Å². The van der Waals surface area contributed by atoms with Gasteiger partial charge in [-0.1, -0.05) is 50.2 Å². The smallest absolute Gasteiger partial charge is 0.320 e. The molecule has 0 aliphatic rings. The predicted molar refractivity (Wildman–Crippen MR) is 132 cm³/mol. The highest BCUT2D eigenvalue weighted by Crippen LogP contribution is 2.20. The van der Waals surface area contributed by atoms with E-state index in [9.17, 15) is 19.5 Å². The van der Waals surface area contributed by atoms with Crippen molar-refractivity contribution >= 4 is 34.4 Å². The SMILES string of the molecule is CC(C)C[C@H](NC(=O)[C@H](Cc1c[nH]c2ccccc12)N[C@H](C)C(=O)O)C(=O)Nc1ccccc1. The molecule has 1 heterocycles. The van der Waals surface area contributed by atoms with Crippen LogP contribution in [0.3, 0.4) is 0 Å². The highest BCUT2D eigenvalue weighted by Gasteiger charge is 2.29. The van der Waals surface area contributed by atoms with E-state index in [-0.39, 0.29) is 18.2 Å². The summed E-state index contributed by atoms with van der Waals surface area (Å²) in [7, 11) is 0. The van der Waals surface area contributed by atoms with Gasteiger partial charge in [-0.3, -0.25) is 19.7 Å². The molecule has 0 radical (unpaired) electrons. The first-order valence-corrected chi connectivity index (χ1v) is 11.4. The van der Waals surface area contributed by atoms with Crippen LogP contribution >= 0.6 is 0 Å². The Morgan fingerprint density at radius 3 is 2.26 bits per heavy atom. The topological polar surface area (TPSA) is 123 Å². The second kappa shape index (κ2) is 11.5. The lowest BCUT2D eigenvalue weighted by Crippen LogP contribution is -2.55. The number of carboxylic acid groups (broad SMARTS) is 1. The molecule has 0 fully saturated rings. The van der Waals surface area contributed by atoms with E-state index in [1.54, 1.807) is 12.1 Å². The van der Waals surface area contributed by atoms with Gasteiger partial charge in [0.2, 0.25) is 11.8 Å². The Bertz CT molecular complexity index is 1130. The molecule has 3 atom stereocenters. The van der Waals surface area contributed by atoms with Crippen LogP contribution in [0.4, 0.5) is 5.69 Å². The molecule has 5 N–H and O–H groups in total. The highest BCUT2D eigenvalue weighted by molar-refractivity contribution is 5.98. The van der Waals surface area contributed by atoms with E-state index in [2.05, 4.69) is 20.9 Å². The van der Waals surface area contributed by atoms with Crippen molar-refractivity contribution in [2.45, 2.75) is 51.7 Å². The molecule has 0 unspecified atom stereocenters. The number of anilines is 1. The van der Waals surface area contributed by atoms with E-state index in [1.807, 2.05) is 62.5 Å². The molecule has 0 aliphatic heterocycles. The van der Waals surface area contributed by atoms with Crippen molar-refractivity contribution < 1.29 is 19.5 Å². The van der Waals surface area contributed by atoms with Crippen LogP contribution in [0.15, 0.2) is 60.8 Å². The normalized spacial score (nSPS) is 13.9. The molecular formula is C26H32N4O4. The van der Waals surface area contributed by atoms with E-state index in [0.717, 1.165) is 16.5 Å². The summed E-state index contributed by atoms with van der Waals surface area (Å²) in [6, 6.07) is 14.2. The Hall–Kier alpha value is -3.65. The zero-order valence-electron chi connectivity index (χ0n) is 19.7. The van der Waals surface area contributed by atoms with Crippen LogP contribution in [0.5, 0.6) is 0 Å². The van der Waals surface area contributed by atoms with E-state index in [4.69, 9.17) is 0 Å². The number of carbonyl (C=O) groups excluding carboxylic acids is 2. The lowest BCUT2D eigenvalue weighted by atomic mass is 10.0. The lowest BCUT2D eigenvalue weighted by Gasteiger charge is -2.25. The molecule has 0 spiro atoms. The molecule has 0 aliphatic carbocycles. The van der Waals surface area contributed by atoms with Crippen LogP contribution in [0, 0.1) is 5.92 Å². The third-order valence-electron chi connectivity index (χ3n) is 5.62. The van der Waals surface area contributed by atoms with Gasteiger partial charge >= 0.3 is 5.97 Å². The van der Waals surface area contributed by atoms with Gasteiger partial charge in [0.1, 0.15) is 12.1 Å². The number of hydrogen-bond acceptors (Lipinski definition) is 4. The summed E-state index contributed by atoms with van der Waals surface area (Å²) in [4.78, 5) is 41.0. The number of hydrogen-bond donors (Lipinski definition) is 5. The van der Waals surface area contributed by atoms with Gasteiger partial charge in [-0.2, -0.15) is 0 Å². The van der Waals surface area contributed by atoms with Gasteiger partial charge in [0, 0.05) is 22.8 Å². The van der Waals surface area contributed by atoms with Crippen molar-refractivity contribution in [2.24, 2.45) is 5.92 Å². The monoisotopic (exact) mass is 464 g/mol. The van der Waals surface area contributed by atoms with Gasteiger partial charge in [-0.15, -0.1) is 0 Å². The van der Waals surface area contributed by atoms with Crippen LogP contribution in [0.25, 0.3) is 10.9 Å². The minimum atomic E-state index is -1.06. The third kappa shape index (κ3) is 6.68.